The van der Waals surface area contributed by atoms with Crippen LogP contribution >= 0.6 is 0 Å². The van der Waals surface area contributed by atoms with Crippen LogP contribution in [0.5, 0.6) is 0 Å². The monoisotopic (exact) mass is 1210 g/mol. The molecule has 0 saturated heterocycles. The molecule has 0 amide bonds. The summed E-state index contributed by atoms with van der Waals surface area (Å²) in [5.41, 5.74) is 18.3. The van der Waals surface area contributed by atoms with Gasteiger partial charge in [0, 0.05) is 84.5 Å². The van der Waals surface area contributed by atoms with Crippen molar-refractivity contribution in [3.63, 3.8) is 0 Å². The van der Waals surface area contributed by atoms with Crippen molar-refractivity contribution >= 4 is 65.7 Å². The number of hydrogen-bond donors (Lipinski definition) is 1. The van der Waals surface area contributed by atoms with Gasteiger partial charge in [0.25, 0.3) is 0 Å². The van der Waals surface area contributed by atoms with Crippen LogP contribution in [-0.2, 0) is 0 Å². The second-order valence-electron chi connectivity index (χ2n) is 23.1. The fourth-order valence-electron chi connectivity index (χ4n) is 13.4. The van der Waals surface area contributed by atoms with E-state index in [1.165, 1.54) is 0 Å². The smallest absolute Gasteiger partial charge is 0.217 e. The Balaban J connectivity index is 0.831. The van der Waals surface area contributed by atoms with Crippen molar-refractivity contribution in [2.75, 3.05) is 0 Å². The van der Waals surface area contributed by atoms with Gasteiger partial charge in [-0.25, -0.2) is 44.3 Å². The number of imidazole rings is 1. The first-order valence-corrected chi connectivity index (χ1v) is 30.6. The molecule has 19 aromatic rings. The summed E-state index contributed by atoms with van der Waals surface area (Å²) in [5, 5.41) is 15.7. The van der Waals surface area contributed by atoms with Gasteiger partial charge in [0.2, 0.25) is 5.82 Å². The van der Waals surface area contributed by atoms with Gasteiger partial charge < -0.3 is 23.0 Å². The average molecular weight is 1210 g/mol. The molecule has 0 spiro atoms. The van der Waals surface area contributed by atoms with Crippen LogP contribution in [0.2, 0.25) is 0 Å². The Bertz CT molecular complexity index is 5900. The number of benzene rings is 9. The van der Waals surface area contributed by atoms with Crippen LogP contribution in [0.3, 0.4) is 0 Å². The van der Waals surface area contributed by atoms with Crippen molar-refractivity contribution in [3.05, 3.63) is 281 Å². The van der Waals surface area contributed by atoms with Crippen LogP contribution < -0.4 is 0 Å². The molecule has 19 rings (SSSR count). The molecule has 17 heteroatoms. The fraction of sp³-hybridized carbons (Fsp3) is 0. The normalized spacial score (nSPS) is 11.8. The molecule has 0 fully saturated rings. The first-order chi connectivity index (χ1) is 46.6. The number of aromatic amines is 1. The second-order valence-corrected chi connectivity index (χ2v) is 23.1. The fourth-order valence-corrected chi connectivity index (χ4v) is 13.4. The van der Waals surface area contributed by atoms with Crippen molar-refractivity contribution < 1.29 is 8.83 Å². The number of H-pyrrole nitrogens is 1. The van der Waals surface area contributed by atoms with Gasteiger partial charge >= 0.3 is 0 Å². The quantitative estimate of drug-likeness (QED) is 0.123. The van der Waals surface area contributed by atoms with E-state index in [2.05, 4.69) is 144 Å². The zero-order valence-corrected chi connectivity index (χ0v) is 49.6. The van der Waals surface area contributed by atoms with Gasteiger partial charge in [-0.3, -0.25) is 4.57 Å². The Morgan fingerprint density at radius 2 is 0.809 bits per heavy atom. The lowest BCUT2D eigenvalue weighted by molar-refractivity contribution is 0.577. The molecule has 17 nitrogen and oxygen atoms in total. The number of fused-ring (bicyclic) bond motifs is 9. The Morgan fingerprint density at radius 1 is 0.340 bits per heavy atom. The molecule has 0 unspecified atom stereocenters. The predicted molar refractivity (Wildman–Crippen MR) is 365 cm³/mol. The number of para-hydroxylation sites is 3. The summed E-state index contributed by atoms with van der Waals surface area (Å²) in [6, 6.07) is 77.8. The molecule has 9 aromatic carbocycles. The van der Waals surface area contributed by atoms with Gasteiger partial charge in [-0.2, -0.15) is 0 Å². The summed E-state index contributed by atoms with van der Waals surface area (Å²) in [4.78, 5) is 36.9. The largest absolute Gasteiger partial charge is 0.460 e. The van der Waals surface area contributed by atoms with Crippen LogP contribution in [0.1, 0.15) is 0 Å². The van der Waals surface area contributed by atoms with E-state index in [0.29, 0.717) is 40.3 Å². The van der Waals surface area contributed by atoms with Gasteiger partial charge in [0.05, 0.1) is 57.3 Å². The zero-order chi connectivity index (χ0) is 61.8. The summed E-state index contributed by atoms with van der Waals surface area (Å²) in [6.45, 7) is 0. The Hall–Kier alpha value is -13.4. The molecule has 0 bridgehead atoms. The number of furan rings is 2. The van der Waals surface area contributed by atoms with Crippen molar-refractivity contribution in [1.82, 2.24) is 73.1 Å². The van der Waals surface area contributed by atoms with E-state index in [-0.39, 0.29) is 0 Å². The van der Waals surface area contributed by atoms with Crippen LogP contribution in [-0.4, -0.2) is 73.1 Å². The highest BCUT2D eigenvalue weighted by Crippen LogP contribution is 2.44. The molecule has 0 aliphatic rings. The lowest BCUT2D eigenvalue weighted by Gasteiger charge is -2.16. The Morgan fingerprint density at radius 3 is 1.40 bits per heavy atom. The van der Waals surface area contributed by atoms with E-state index in [4.69, 9.17) is 44.0 Å². The Kier molecular flexibility index (Phi) is 11.8. The summed E-state index contributed by atoms with van der Waals surface area (Å²) in [6.07, 6.45) is 15.7. The van der Waals surface area contributed by atoms with Crippen LogP contribution in [0, 0.1) is 0 Å². The number of nitrogens with one attached hydrogen (secondary N) is 1. The molecule has 10 aromatic heterocycles. The van der Waals surface area contributed by atoms with Gasteiger partial charge in [0.15, 0.2) is 23.2 Å². The minimum Gasteiger partial charge on any atom is -0.460 e. The third-order valence-electron chi connectivity index (χ3n) is 17.7. The van der Waals surface area contributed by atoms with E-state index in [9.17, 15) is 0 Å². The van der Waals surface area contributed by atoms with Crippen LogP contribution in [0.15, 0.2) is 290 Å². The molecule has 0 saturated carbocycles. The average Bonchev–Trinajstić information content (AvgIpc) is 1.58. The number of hydrogen-bond acceptors (Lipinski definition) is 11. The SMILES string of the molecule is c1ccc(-c2c[nH]c(-c3occc3-c3ccc4c(c3)c3cc(-c5ccoc5-c5ncn(-c6ccccc6)n5)ccc3n4-c3cc(-c4ccc5c(c4)c4cc(-c6ncn(-c7ccccc7)n6)ccc4n5-c4ccccc4)cc(-n4c5ncncc5c5cncnc54)c3)n2)cc1. The van der Waals surface area contributed by atoms with E-state index in [0.717, 1.165) is 133 Å². The molecule has 0 aliphatic carbocycles. The maximum Gasteiger partial charge on any atom is 0.217 e. The van der Waals surface area contributed by atoms with Gasteiger partial charge in [-0.1, -0.05) is 103 Å². The van der Waals surface area contributed by atoms with Gasteiger partial charge in [0.1, 0.15) is 36.6 Å². The molecule has 0 aliphatic heterocycles. The second kappa shape index (κ2) is 21.1. The lowest BCUT2D eigenvalue weighted by Crippen LogP contribution is -2.01. The maximum absolute atomic E-state index is 6.31. The third-order valence-corrected chi connectivity index (χ3v) is 17.7. The van der Waals surface area contributed by atoms with Gasteiger partial charge in [-0.15, -0.1) is 10.2 Å². The zero-order valence-electron chi connectivity index (χ0n) is 49.6. The highest BCUT2D eigenvalue weighted by Gasteiger charge is 2.25. The van der Waals surface area contributed by atoms with E-state index in [1.807, 2.05) is 132 Å². The first kappa shape index (κ1) is 52.5. The molecule has 94 heavy (non-hydrogen) atoms. The molecule has 442 valence electrons. The summed E-state index contributed by atoms with van der Waals surface area (Å²) in [7, 11) is 0. The molecule has 0 atom stereocenters. The minimum absolute atomic E-state index is 0.468. The molecular weight excluding hydrogens is 1170 g/mol. The van der Waals surface area contributed by atoms with Crippen LogP contribution in [0.4, 0.5) is 0 Å². The molecule has 10 heterocycles. The predicted octanol–water partition coefficient (Wildman–Crippen LogP) is 17.3. The lowest BCUT2D eigenvalue weighted by atomic mass is 10.0. The highest BCUT2D eigenvalue weighted by atomic mass is 16.3. The minimum atomic E-state index is 0.468. The highest BCUT2D eigenvalue weighted by molar-refractivity contribution is 6.14. The van der Waals surface area contributed by atoms with E-state index >= 15 is 0 Å². The molecule has 0 radical (unpaired) electrons. The molecular formula is C77H47N15O2. The standard InChI is InChI=1S/C77H47N15O2/c1-5-13-47(14-6-1)66-42-80-74(85-66)71-58(29-31-93-71)49-22-26-69-61(36-49)62-37-50(59-30-32-94-72(59)75-84-46-89(87-75)54-17-9-3-10-18-54)23-27-70(62)91(69)56-33-52(34-57(39-56)92-76-64(40-78-43-81-76)65-41-79-44-82-77(65)92)48-21-25-67-60(35-48)63-38-51(24-28-68(63)90(67)55-19-11-4-12-20-55)73-83-45-88(86-73)53-15-7-2-8-16-53/h1-46H,(H,80,85). The summed E-state index contributed by atoms with van der Waals surface area (Å²) >= 11 is 0. The topological polar surface area (TPSA) is 183 Å². The van der Waals surface area contributed by atoms with E-state index in [1.54, 1.807) is 42.5 Å². The van der Waals surface area contributed by atoms with Crippen molar-refractivity contribution in [1.29, 1.82) is 0 Å². The summed E-state index contributed by atoms with van der Waals surface area (Å²) in [5.74, 6) is 2.90. The van der Waals surface area contributed by atoms with Crippen molar-refractivity contribution in [3.8, 4) is 108 Å². The number of aromatic nitrogens is 15. The Labute approximate surface area is 533 Å². The van der Waals surface area contributed by atoms with Gasteiger partial charge in [-0.05, 0) is 144 Å². The number of nitrogens with zero attached hydrogens (tertiary/aromatic N) is 14. The first-order valence-electron chi connectivity index (χ1n) is 30.6. The number of rotatable bonds is 12. The maximum atomic E-state index is 6.31. The third kappa shape index (κ3) is 8.52. The van der Waals surface area contributed by atoms with Crippen molar-refractivity contribution in [2.24, 2.45) is 0 Å². The van der Waals surface area contributed by atoms with Crippen molar-refractivity contribution in [2.45, 2.75) is 0 Å². The van der Waals surface area contributed by atoms with Crippen LogP contribution in [0.25, 0.3) is 173 Å². The molecule has 1 N–H and O–H groups in total. The summed E-state index contributed by atoms with van der Waals surface area (Å²) < 4.78 is 23.0. The van der Waals surface area contributed by atoms with E-state index < -0.39 is 0 Å².